The fourth-order valence-electron chi connectivity index (χ4n) is 2.84. The number of nitro groups is 1. The molecule has 0 saturated heterocycles. The quantitative estimate of drug-likeness (QED) is 0.443. The van der Waals surface area contributed by atoms with Gasteiger partial charge in [-0.3, -0.25) is 15.0 Å². The number of H-pyrrole nitrogens is 1. The monoisotopic (exact) mass is 356 g/mol. The third-order valence-corrected chi connectivity index (χ3v) is 4.22. The van der Waals surface area contributed by atoms with Gasteiger partial charge in [-0.2, -0.15) is 0 Å². The summed E-state index contributed by atoms with van der Waals surface area (Å²) in [4.78, 5) is 20.0. The standard InChI is InChI=1S/C18H20N4O4/c1-21(11-18-19-14-4-2-3-5-15(14)20-18)9-8-17(24)13-10-12(22(25)26)6-7-16(13)23/h2-7,10,17,23-24H,8-9,11H2,1H3,(H,19,20). The molecule has 0 amide bonds. The van der Waals surface area contributed by atoms with E-state index in [0.29, 0.717) is 19.5 Å². The molecule has 8 nitrogen and oxygen atoms in total. The van der Waals surface area contributed by atoms with Crippen molar-refractivity contribution < 1.29 is 15.1 Å². The molecule has 0 bridgehead atoms. The third-order valence-electron chi connectivity index (χ3n) is 4.22. The molecule has 0 aliphatic carbocycles. The summed E-state index contributed by atoms with van der Waals surface area (Å²) in [6.45, 7) is 1.10. The van der Waals surface area contributed by atoms with Crippen molar-refractivity contribution in [2.75, 3.05) is 13.6 Å². The zero-order valence-electron chi connectivity index (χ0n) is 14.3. The Labute approximate surface area is 149 Å². The van der Waals surface area contributed by atoms with E-state index in [0.717, 1.165) is 16.9 Å². The van der Waals surface area contributed by atoms with Gasteiger partial charge >= 0.3 is 0 Å². The number of nitro benzene ring substituents is 1. The Hall–Kier alpha value is -2.97. The van der Waals surface area contributed by atoms with Crippen molar-refractivity contribution in [2.45, 2.75) is 19.1 Å². The Morgan fingerprint density at radius 1 is 1.31 bits per heavy atom. The lowest BCUT2D eigenvalue weighted by atomic mass is 10.0. The number of aromatic amines is 1. The van der Waals surface area contributed by atoms with Crippen molar-refractivity contribution in [3.63, 3.8) is 0 Å². The number of imidazole rings is 1. The number of hydrogen-bond donors (Lipinski definition) is 3. The molecule has 3 aromatic rings. The summed E-state index contributed by atoms with van der Waals surface area (Å²) < 4.78 is 0. The van der Waals surface area contributed by atoms with Crippen LogP contribution in [0.4, 0.5) is 5.69 Å². The minimum atomic E-state index is -0.993. The highest BCUT2D eigenvalue weighted by molar-refractivity contribution is 5.74. The molecule has 2 aromatic carbocycles. The van der Waals surface area contributed by atoms with Crippen LogP contribution in [0.15, 0.2) is 42.5 Å². The maximum atomic E-state index is 10.9. The summed E-state index contributed by atoms with van der Waals surface area (Å²) in [6.07, 6.45) is -0.668. The van der Waals surface area contributed by atoms with Crippen LogP contribution in [0.25, 0.3) is 11.0 Å². The number of fused-ring (bicyclic) bond motifs is 1. The Bertz CT molecular complexity index is 891. The summed E-state index contributed by atoms with van der Waals surface area (Å²) in [7, 11) is 1.90. The Morgan fingerprint density at radius 2 is 2.08 bits per heavy atom. The number of aromatic nitrogens is 2. The van der Waals surface area contributed by atoms with Crippen LogP contribution in [-0.4, -0.2) is 43.6 Å². The molecule has 26 heavy (non-hydrogen) atoms. The first-order chi connectivity index (χ1) is 12.4. The van der Waals surface area contributed by atoms with E-state index in [1.165, 1.54) is 18.2 Å². The van der Waals surface area contributed by atoms with Crippen LogP contribution >= 0.6 is 0 Å². The van der Waals surface area contributed by atoms with Crippen LogP contribution < -0.4 is 0 Å². The second kappa shape index (κ2) is 7.51. The molecule has 1 heterocycles. The molecule has 0 aliphatic heterocycles. The lowest BCUT2D eigenvalue weighted by Crippen LogP contribution is -2.21. The summed E-state index contributed by atoms with van der Waals surface area (Å²) in [5, 5.41) is 31.0. The van der Waals surface area contributed by atoms with E-state index in [-0.39, 0.29) is 17.0 Å². The second-order valence-corrected chi connectivity index (χ2v) is 6.24. The number of nitrogens with zero attached hydrogens (tertiary/aromatic N) is 3. The molecule has 136 valence electrons. The van der Waals surface area contributed by atoms with Crippen LogP contribution in [0.2, 0.25) is 0 Å². The molecule has 1 unspecified atom stereocenters. The second-order valence-electron chi connectivity index (χ2n) is 6.24. The van der Waals surface area contributed by atoms with E-state index in [2.05, 4.69) is 9.97 Å². The first kappa shape index (κ1) is 17.8. The topological polar surface area (TPSA) is 116 Å². The van der Waals surface area contributed by atoms with E-state index >= 15 is 0 Å². The molecule has 1 atom stereocenters. The number of non-ortho nitro benzene ring substituents is 1. The van der Waals surface area contributed by atoms with Crippen LogP contribution in [0, 0.1) is 10.1 Å². The summed E-state index contributed by atoms with van der Waals surface area (Å²) in [5.74, 6) is 0.671. The Morgan fingerprint density at radius 3 is 2.81 bits per heavy atom. The number of para-hydroxylation sites is 2. The van der Waals surface area contributed by atoms with E-state index < -0.39 is 11.0 Å². The summed E-state index contributed by atoms with van der Waals surface area (Å²) in [5.41, 5.74) is 1.87. The third kappa shape index (κ3) is 3.98. The number of phenolic OH excluding ortho intramolecular Hbond substituents is 1. The van der Waals surface area contributed by atoms with E-state index in [1.54, 1.807) is 0 Å². The maximum Gasteiger partial charge on any atom is 0.270 e. The lowest BCUT2D eigenvalue weighted by molar-refractivity contribution is -0.385. The van der Waals surface area contributed by atoms with Crippen molar-refractivity contribution in [1.29, 1.82) is 0 Å². The van der Waals surface area contributed by atoms with Gasteiger partial charge in [-0.05, 0) is 31.7 Å². The molecule has 0 fully saturated rings. The first-order valence-corrected chi connectivity index (χ1v) is 8.21. The summed E-state index contributed by atoms with van der Waals surface area (Å²) in [6, 6.07) is 11.4. The highest BCUT2D eigenvalue weighted by atomic mass is 16.6. The number of rotatable bonds is 7. The maximum absolute atomic E-state index is 10.9. The van der Waals surface area contributed by atoms with Gasteiger partial charge in [-0.1, -0.05) is 12.1 Å². The lowest BCUT2D eigenvalue weighted by Gasteiger charge is -2.18. The number of aromatic hydroxyl groups is 1. The van der Waals surface area contributed by atoms with Gasteiger partial charge < -0.3 is 15.2 Å². The predicted octanol–water partition coefficient (Wildman–Crippen LogP) is 2.73. The molecule has 8 heteroatoms. The number of benzene rings is 2. The van der Waals surface area contributed by atoms with Crippen molar-refractivity contribution in [3.05, 3.63) is 64.0 Å². The van der Waals surface area contributed by atoms with Crippen LogP contribution in [0.5, 0.6) is 5.75 Å². The highest BCUT2D eigenvalue weighted by Crippen LogP contribution is 2.30. The van der Waals surface area contributed by atoms with Crippen LogP contribution in [0.3, 0.4) is 0 Å². The number of phenols is 1. The molecule has 0 aliphatic rings. The smallest absolute Gasteiger partial charge is 0.270 e. The van der Waals surface area contributed by atoms with E-state index in [1.807, 2.05) is 36.2 Å². The van der Waals surface area contributed by atoms with Crippen molar-refractivity contribution in [1.82, 2.24) is 14.9 Å². The molecule has 1 aromatic heterocycles. The number of aliphatic hydroxyl groups is 1. The van der Waals surface area contributed by atoms with Gasteiger partial charge in [0.1, 0.15) is 11.6 Å². The van der Waals surface area contributed by atoms with Crippen molar-refractivity contribution >= 4 is 16.7 Å². The van der Waals surface area contributed by atoms with E-state index in [9.17, 15) is 20.3 Å². The molecular formula is C18H20N4O4. The predicted molar refractivity (Wildman–Crippen MR) is 96.8 cm³/mol. The number of hydrogen-bond acceptors (Lipinski definition) is 6. The largest absolute Gasteiger partial charge is 0.508 e. The Kier molecular flexibility index (Phi) is 5.15. The van der Waals surface area contributed by atoms with Gasteiger partial charge in [-0.15, -0.1) is 0 Å². The van der Waals surface area contributed by atoms with Crippen molar-refractivity contribution in [3.8, 4) is 5.75 Å². The molecular weight excluding hydrogens is 336 g/mol. The van der Waals surface area contributed by atoms with Crippen LogP contribution in [0.1, 0.15) is 23.9 Å². The zero-order chi connectivity index (χ0) is 18.7. The van der Waals surface area contributed by atoms with Gasteiger partial charge in [-0.25, -0.2) is 4.98 Å². The first-order valence-electron chi connectivity index (χ1n) is 8.21. The molecule has 0 saturated carbocycles. The minimum absolute atomic E-state index is 0.150. The van der Waals surface area contributed by atoms with Gasteiger partial charge in [0.2, 0.25) is 0 Å². The van der Waals surface area contributed by atoms with Gasteiger partial charge in [0.25, 0.3) is 5.69 Å². The number of nitrogens with one attached hydrogen (secondary N) is 1. The van der Waals surface area contributed by atoms with Gasteiger partial charge in [0, 0.05) is 24.2 Å². The Balaban J connectivity index is 1.61. The van der Waals surface area contributed by atoms with Crippen molar-refractivity contribution in [2.24, 2.45) is 0 Å². The average Bonchev–Trinajstić information content (AvgIpc) is 3.02. The average molecular weight is 356 g/mol. The van der Waals surface area contributed by atoms with Gasteiger partial charge in [0.15, 0.2) is 0 Å². The van der Waals surface area contributed by atoms with Gasteiger partial charge in [0.05, 0.1) is 28.6 Å². The fraction of sp³-hybridized carbons (Fsp3) is 0.278. The van der Waals surface area contributed by atoms with E-state index in [4.69, 9.17) is 0 Å². The molecule has 3 rings (SSSR count). The fourth-order valence-corrected chi connectivity index (χ4v) is 2.84. The van der Waals surface area contributed by atoms with Crippen LogP contribution in [-0.2, 0) is 6.54 Å². The normalized spacial score (nSPS) is 12.6. The summed E-state index contributed by atoms with van der Waals surface area (Å²) >= 11 is 0. The molecule has 0 spiro atoms. The minimum Gasteiger partial charge on any atom is -0.508 e. The zero-order valence-corrected chi connectivity index (χ0v) is 14.3. The molecule has 0 radical (unpaired) electrons. The molecule has 3 N–H and O–H groups in total. The number of aliphatic hydroxyl groups excluding tert-OH is 1. The highest BCUT2D eigenvalue weighted by Gasteiger charge is 2.18. The SMILES string of the molecule is CN(CCC(O)c1cc([N+](=O)[O-])ccc1O)Cc1nc2ccccc2[nH]1.